The number of phenols is 1. The van der Waals surface area contributed by atoms with E-state index in [-0.39, 0.29) is 11.3 Å². The van der Waals surface area contributed by atoms with Crippen molar-refractivity contribution >= 4 is 29.3 Å². The molecule has 22 heavy (non-hydrogen) atoms. The minimum atomic E-state index is -0.513. The number of carbonyl (C=O) groups excluding carboxylic acids is 1. The predicted molar refractivity (Wildman–Crippen MR) is 86.5 cm³/mol. The van der Waals surface area contributed by atoms with E-state index in [2.05, 4.69) is 5.32 Å². The summed E-state index contributed by atoms with van der Waals surface area (Å²) in [5.41, 5.74) is 1.90. The fraction of sp³-hybridized carbons (Fsp3) is 0.0588. The minimum absolute atomic E-state index is 0.0370. The SMILES string of the molecule is Cc1c(Cl)cccc1NC(=O)/C(C#N)=C/c1ccc(O)cc1. The number of amides is 1. The van der Waals surface area contributed by atoms with Gasteiger partial charge in [-0.25, -0.2) is 0 Å². The van der Waals surface area contributed by atoms with Crippen molar-refractivity contribution in [3.05, 3.63) is 64.2 Å². The molecule has 110 valence electrons. The van der Waals surface area contributed by atoms with E-state index in [0.29, 0.717) is 16.3 Å². The van der Waals surface area contributed by atoms with Crippen LogP contribution < -0.4 is 5.32 Å². The highest BCUT2D eigenvalue weighted by Crippen LogP contribution is 2.23. The van der Waals surface area contributed by atoms with Gasteiger partial charge in [0.1, 0.15) is 17.4 Å². The summed E-state index contributed by atoms with van der Waals surface area (Å²) < 4.78 is 0. The van der Waals surface area contributed by atoms with Gasteiger partial charge in [-0.3, -0.25) is 4.79 Å². The number of aromatic hydroxyl groups is 1. The lowest BCUT2D eigenvalue weighted by Gasteiger charge is -2.08. The lowest BCUT2D eigenvalue weighted by molar-refractivity contribution is -0.112. The minimum Gasteiger partial charge on any atom is -0.508 e. The van der Waals surface area contributed by atoms with Crippen molar-refractivity contribution < 1.29 is 9.90 Å². The molecule has 0 atom stereocenters. The summed E-state index contributed by atoms with van der Waals surface area (Å²) in [5.74, 6) is -0.393. The van der Waals surface area contributed by atoms with Crippen molar-refractivity contribution in [3.63, 3.8) is 0 Å². The van der Waals surface area contributed by atoms with Crippen molar-refractivity contribution in [3.8, 4) is 11.8 Å². The van der Waals surface area contributed by atoms with Crippen LogP contribution in [0.4, 0.5) is 5.69 Å². The van der Waals surface area contributed by atoms with Gasteiger partial charge in [0, 0.05) is 10.7 Å². The van der Waals surface area contributed by atoms with Gasteiger partial charge in [-0.05, 0) is 48.4 Å². The molecular weight excluding hydrogens is 300 g/mol. The van der Waals surface area contributed by atoms with Crippen LogP contribution in [0.15, 0.2) is 48.0 Å². The molecule has 2 aromatic rings. The highest BCUT2D eigenvalue weighted by molar-refractivity contribution is 6.31. The Balaban J connectivity index is 2.24. The van der Waals surface area contributed by atoms with Crippen LogP contribution in [0.3, 0.4) is 0 Å². The molecule has 0 fully saturated rings. The zero-order valence-electron chi connectivity index (χ0n) is 11.8. The van der Waals surface area contributed by atoms with Crippen LogP contribution in [0.25, 0.3) is 6.08 Å². The molecule has 0 saturated carbocycles. The van der Waals surface area contributed by atoms with E-state index < -0.39 is 5.91 Å². The monoisotopic (exact) mass is 312 g/mol. The summed E-state index contributed by atoms with van der Waals surface area (Å²) >= 11 is 6.00. The van der Waals surface area contributed by atoms with E-state index in [9.17, 15) is 9.90 Å². The van der Waals surface area contributed by atoms with Crippen LogP contribution in [0, 0.1) is 18.3 Å². The number of hydrogen-bond acceptors (Lipinski definition) is 3. The van der Waals surface area contributed by atoms with Gasteiger partial charge < -0.3 is 10.4 Å². The van der Waals surface area contributed by atoms with Crippen LogP contribution in [-0.2, 0) is 4.79 Å². The van der Waals surface area contributed by atoms with E-state index in [4.69, 9.17) is 16.9 Å². The van der Waals surface area contributed by atoms with Crippen molar-refractivity contribution in [1.82, 2.24) is 0 Å². The van der Waals surface area contributed by atoms with Crippen LogP contribution in [0.5, 0.6) is 5.75 Å². The van der Waals surface area contributed by atoms with Crippen LogP contribution in [0.1, 0.15) is 11.1 Å². The number of carbonyl (C=O) groups is 1. The maximum absolute atomic E-state index is 12.2. The van der Waals surface area contributed by atoms with Crippen molar-refractivity contribution in [1.29, 1.82) is 5.26 Å². The molecular formula is C17H13ClN2O2. The lowest BCUT2D eigenvalue weighted by Crippen LogP contribution is -2.14. The van der Waals surface area contributed by atoms with Crippen molar-refractivity contribution in [2.45, 2.75) is 6.92 Å². The van der Waals surface area contributed by atoms with E-state index in [1.165, 1.54) is 18.2 Å². The Morgan fingerprint density at radius 1 is 1.27 bits per heavy atom. The maximum atomic E-state index is 12.2. The summed E-state index contributed by atoms with van der Waals surface area (Å²) in [6.07, 6.45) is 1.45. The van der Waals surface area contributed by atoms with Gasteiger partial charge in [0.15, 0.2) is 0 Å². The summed E-state index contributed by atoms with van der Waals surface area (Å²) in [6.45, 7) is 1.79. The number of rotatable bonds is 3. The van der Waals surface area contributed by atoms with E-state index in [0.717, 1.165) is 5.56 Å². The Bertz CT molecular complexity index is 774. The molecule has 0 aliphatic rings. The summed E-state index contributed by atoms with van der Waals surface area (Å²) in [5, 5.41) is 21.6. The average Bonchev–Trinajstić information content (AvgIpc) is 2.51. The number of nitriles is 1. The van der Waals surface area contributed by atoms with Crippen molar-refractivity contribution in [2.75, 3.05) is 5.32 Å². The topological polar surface area (TPSA) is 73.1 Å². The molecule has 0 spiro atoms. The summed E-state index contributed by atoms with van der Waals surface area (Å²) in [6, 6.07) is 13.2. The molecule has 0 bridgehead atoms. The molecule has 2 aromatic carbocycles. The highest BCUT2D eigenvalue weighted by Gasteiger charge is 2.11. The molecule has 0 aliphatic carbocycles. The highest BCUT2D eigenvalue weighted by atomic mass is 35.5. The Morgan fingerprint density at radius 2 is 1.95 bits per heavy atom. The average molecular weight is 313 g/mol. The van der Waals surface area contributed by atoms with E-state index in [1.807, 2.05) is 6.07 Å². The van der Waals surface area contributed by atoms with E-state index in [1.54, 1.807) is 37.3 Å². The second-order valence-electron chi connectivity index (χ2n) is 4.63. The van der Waals surface area contributed by atoms with Gasteiger partial charge in [-0.2, -0.15) is 5.26 Å². The van der Waals surface area contributed by atoms with Gasteiger partial charge in [0.2, 0.25) is 0 Å². The Kier molecular flexibility index (Phi) is 4.82. The number of hydrogen-bond donors (Lipinski definition) is 2. The zero-order valence-corrected chi connectivity index (χ0v) is 12.6. The first-order valence-electron chi connectivity index (χ1n) is 6.48. The lowest BCUT2D eigenvalue weighted by atomic mass is 10.1. The second kappa shape index (κ2) is 6.79. The predicted octanol–water partition coefficient (Wildman–Crippen LogP) is 3.90. The van der Waals surface area contributed by atoms with Gasteiger partial charge in [0.25, 0.3) is 5.91 Å². The van der Waals surface area contributed by atoms with Crippen LogP contribution in [0.2, 0.25) is 5.02 Å². The molecule has 0 saturated heterocycles. The fourth-order valence-corrected chi connectivity index (χ4v) is 1.99. The molecule has 0 unspecified atom stereocenters. The summed E-state index contributed by atoms with van der Waals surface area (Å²) in [4.78, 5) is 12.2. The molecule has 0 aromatic heterocycles. The first kappa shape index (κ1) is 15.6. The second-order valence-corrected chi connectivity index (χ2v) is 5.04. The molecule has 0 radical (unpaired) electrons. The maximum Gasteiger partial charge on any atom is 0.266 e. The summed E-state index contributed by atoms with van der Waals surface area (Å²) in [7, 11) is 0. The van der Waals surface area contributed by atoms with E-state index >= 15 is 0 Å². The zero-order chi connectivity index (χ0) is 16.1. The van der Waals surface area contributed by atoms with Gasteiger partial charge in [-0.15, -0.1) is 0 Å². The first-order chi connectivity index (χ1) is 10.5. The van der Waals surface area contributed by atoms with Crippen LogP contribution in [-0.4, -0.2) is 11.0 Å². The van der Waals surface area contributed by atoms with Gasteiger partial charge in [0.05, 0.1) is 0 Å². The molecule has 2 rings (SSSR count). The largest absolute Gasteiger partial charge is 0.508 e. The molecule has 0 heterocycles. The number of anilines is 1. The van der Waals surface area contributed by atoms with Crippen molar-refractivity contribution in [2.24, 2.45) is 0 Å². The number of nitrogens with zero attached hydrogens (tertiary/aromatic N) is 1. The fourth-order valence-electron chi connectivity index (χ4n) is 1.82. The molecule has 2 N–H and O–H groups in total. The quantitative estimate of drug-likeness (QED) is 0.667. The third-order valence-corrected chi connectivity index (χ3v) is 3.49. The molecule has 4 nitrogen and oxygen atoms in total. The number of nitrogens with one attached hydrogen (secondary N) is 1. The first-order valence-corrected chi connectivity index (χ1v) is 6.86. The number of benzene rings is 2. The standard InChI is InChI=1S/C17H13ClN2O2/c1-11-15(18)3-2-4-16(11)20-17(22)13(10-19)9-12-5-7-14(21)8-6-12/h2-9,21H,1H3,(H,20,22)/b13-9+. The Morgan fingerprint density at radius 3 is 2.59 bits per heavy atom. The third-order valence-electron chi connectivity index (χ3n) is 3.09. The number of halogens is 1. The molecule has 5 heteroatoms. The Hall–Kier alpha value is -2.77. The smallest absolute Gasteiger partial charge is 0.266 e. The molecule has 0 aliphatic heterocycles. The van der Waals surface area contributed by atoms with Gasteiger partial charge >= 0.3 is 0 Å². The third kappa shape index (κ3) is 3.66. The normalized spacial score (nSPS) is 10.9. The van der Waals surface area contributed by atoms with Crippen LogP contribution >= 0.6 is 11.6 Å². The number of phenolic OH excluding ortho intramolecular Hbond substituents is 1. The molecule has 1 amide bonds. The Labute approximate surface area is 133 Å². The van der Waals surface area contributed by atoms with Gasteiger partial charge in [-0.1, -0.05) is 29.8 Å².